The Morgan fingerprint density at radius 2 is 2.15 bits per heavy atom. The molecule has 0 bridgehead atoms. The SMILES string of the molecule is CC(C)c1nc2c(c(=O)[nH]1)CN(Cc1coc3ccc(Cl)cc3c1=O)CC2. The first-order valence-corrected chi connectivity index (χ1v) is 9.34. The molecule has 2 aromatic heterocycles. The summed E-state index contributed by atoms with van der Waals surface area (Å²) in [5, 5.41) is 0.968. The van der Waals surface area contributed by atoms with Gasteiger partial charge in [0.2, 0.25) is 0 Å². The molecule has 7 heteroatoms. The Morgan fingerprint density at radius 3 is 2.93 bits per heavy atom. The van der Waals surface area contributed by atoms with E-state index in [2.05, 4.69) is 14.9 Å². The van der Waals surface area contributed by atoms with Gasteiger partial charge >= 0.3 is 0 Å². The predicted molar refractivity (Wildman–Crippen MR) is 104 cm³/mol. The van der Waals surface area contributed by atoms with Gasteiger partial charge in [-0.25, -0.2) is 4.98 Å². The average molecular weight is 386 g/mol. The summed E-state index contributed by atoms with van der Waals surface area (Å²) in [6.07, 6.45) is 2.18. The lowest BCUT2D eigenvalue weighted by molar-refractivity contribution is 0.239. The van der Waals surface area contributed by atoms with E-state index in [0.717, 1.165) is 18.1 Å². The highest BCUT2D eigenvalue weighted by molar-refractivity contribution is 6.31. The minimum absolute atomic E-state index is 0.0910. The second-order valence-corrected chi connectivity index (χ2v) is 7.66. The number of nitrogens with one attached hydrogen (secondary N) is 1. The van der Waals surface area contributed by atoms with Crippen molar-refractivity contribution in [2.24, 2.45) is 0 Å². The average Bonchev–Trinajstić information content (AvgIpc) is 2.64. The number of nitrogens with zero attached hydrogens (tertiary/aromatic N) is 2. The Labute approximate surface area is 160 Å². The van der Waals surface area contributed by atoms with Crippen molar-refractivity contribution in [1.82, 2.24) is 14.9 Å². The molecule has 0 fully saturated rings. The minimum atomic E-state index is -0.0919. The van der Waals surface area contributed by atoms with Gasteiger partial charge in [-0.2, -0.15) is 0 Å². The van der Waals surface area contributed by atoms with E-state index in [9.17, 15) is 9.59 Å². The predicted octanol–water partition coefficient (Wildman–Crippen LogP) is 3.21. The van der Waals surface area contributed by atoms with E-state index >= 15 is 0 Å². The van der Waals surface area contributed by atoms with Crippen LogP contribution in [0.4, 0.5) is 0 Å². The quantitative estimate of drug-likeness (QED) is 0.748. The summed E-state index contributed by atoms with van der Waals surface area (Å²) in [6.45, 7) is 5.61. The molecular weight excluding hydrogens is 366 g/mol. The fourth-order valence-corrected chi connectivity index (χ4v) is 3.57. The van der Waals surface area contributed by atoms with Crippen LogP contribution in [0, 0.1) is 0 Å². The summed E-state index contributed by atoms with van der Waals surface area (Å²) in [4.78, 5) is 34.8. The van der Waals surface area contributed by atoms with Crippen molar-refractivity contribution in [3.63, 3.8) is 0 Å². The number of benzene rings is 1. The molecule has 140 valence electrons. The molecular formula is C20H20ClN3O3. The molecule has 0 atom stereocenters. The molecule has 0 saturated heterocycles. The van der Waals surface area contributed by atoms with Crippen molar-refractivity contribution in [2.45, 2.75) is 39.3 Å². The Hall–Kier alpha value is -2.44. The van der Waals surface area contributed by atoms with Gasteiger partial charge in [0.25, 0.3) is 5.56 Å². The van der Waals surface area contributed by atoms with Crippen LogP contribution >= 0.6 is 11.6 Å². The van der Waals surface area contributed by atoms with Crippen LogP contribution in [0.25, 0.3) is 11.0 Å². The van der Waals surface area contributed by atoms with Gasteiger partial charge in [-0.05, 0) is 18.2 Å². The van der Waals surface area contributed by atoms with E-state index in [0.29, 0.717) is 46.6 Å². The highest BCUT2D eigenvalue weighted by atomic mass is 35.5. The maximum Gasteiger partial charge on any atom is 0.255 e. The third-order valence-electron chi connectivity index (χ3n) is 4.91. The van der Waals surface area contributed by atoms with Crippen LogP contribution in [0.3, 0.4) is 0 Å². The maximum absolute atomic E-state index is 12.8. The second-order valence-electron chi connectivity index (χ2n) is 7.22. The number of hydrogen-bond acceptors (Lipinski definition) is 5. The third kappa shape index (κ3) is 3.42. The number of rotatable bonds is 3. The van der Waals surface area contributed by atoms with Crippen molar-refractivity contribution in [1.29, 1.82) is 0 Å². The van der Waals surface area contributed by atoms with E-state index in [1.807, 2.05) is 13.8 Å². The van der Waals surface area contributed by atoms with Crippen LogP contribution in [-0.4, -0.2) is 21.4 Å². The Kier molecular flexibility index (Phi) is 4.61. The first kappa shape index (κ1) is 17.9. The van der Waals surface area contributed by atoms with Crippen molar-refractivity contribution < 1.29 is 4.42 Å². The van der Waals surface area contributed by atoms with E-state index in [4.69, 9.17) is 16.0 Å². The molecule has 1 aliphatic heterocycles. The van der Waals surface area contributed by atoms with E-state index < -0.39 is 0 Å². The Bertz CT molecular complexity index is 1130. The summed E-state index contributed by atoms with van der Waals surface area (Å²) in [7, 11) is 0. The lowest BCUT2D eigenvalue weighted by Crippen LogP contribution is -2.36. The van der Waals surface area contributed by atoms with Crippen LogP contribution in [-0.2, 0) is 19.5 Å². The monoisotopic (exact) mass is 385 g/mol. The zero-order valence-electron chi connectivity index (χ0n) is 15.2. The molecule has 1 aromatic carbocycles. The van der Waals surface area contributed by atoms with Gasteiger partial charge in [-0.3, -0.25) is 14.5 Å². The molecule has 0 amide bonds. The molecule has 0 spiro atoms. The maximum atomic E-state index is 12.8. The van der Waals surface area contributed by atoms with Gasteiger partial charge in [0.05, 0.1) is 22.9 Å². The third-order valence-corrected chi connectivity index (χ3v) is 5.15. The topological polar surface area (TPSA) is 79.2 Å². The summed E-state index contributed by atoms with van der Waals surface area (Å²) < 4.78 is 5.59. The summed E-state index contributed by atoms with van der Waals surface area (Å²) in [6, 6.07) is 5.01. The van der Waals surface area contributed by atoms with Gasteiger partial charge < -0.3 is 9.40 Å². The van der Waals surface area contributed by atoms with Gasteiger partial charge in [-0.1, -0.05) is 25.4 Å². The molecule has 4 rings (SSSR count). The van der Waals surface area contributed by atoms with Gasteiger partial charge in [0, 0.05) is 42.6 Å². The van der Waals surface area contributed by atoms with Crippen LogP contribution in [0.1, 0.15) is 42.4 Å². The van der Waals surface area contributed by atoms with Crippen molar-refractivity contribution in [2.75, 3.05) is 6.54 Å². The fraction of sp³-hybridized carbons (Fsp3) is 0.350. The highest BCUT2D eigenvalue weighted by Gasteiger charge is 2.23. The number of hydrogen-bond donors (Lipinski definition) is 1. The molecule has 27 heavy (non-hydrogen) atoms. The molecule has 3 aromatic rings. The molecule has 0 unspecified atom stereocenters. The van der Waals surface area contributed by atoms with Crippen molar-refractivity contribution in [3.05, 3.63) is 72.7 Å². The van der Waals surface area contributed by atoms with Crippen LogP contribution in [0.5, 0.6) is 0 Å². The van der Waals surface area contributed by atoms with E-state index in [1.54, 1.807) is 18.2 Å². The molecule has 1 aliphatic rings. The molecule has 1 N–H and O–H groups in total. The van der Waals surface area contributed by atoms with Crippen molar-refractivity contribution >= 4 is 22.6 Å². The number of halogens is 1. The van der Waals surface area contributed by atoms with Crippen LogP contribution < -0.4 is 11.0 Å². The lowest BCUT2D eigenvalue weighted by Gasteiger charge is -2.27. The number of aromatic amines is 1. The molecule has 0 aliphatic carbocycles. The minimum Gasteiger partial charge on any atom is -0.464 e. The van der Waals surface area contributed by atoms with Crippen LogP contribution in [0.15, 0.2) is 38.5 Å². The van der Waals surface area contributed by atoms with Gasteiger partial charge in [0.15, 0.2) is 5.43 Å². The molecule has 0 saturated carbocycles. The Morgan fingerprint density at radius 1 is 1.33 bits per heavy atom. The van der Waals surface area contributed by atoms with Gasteiger partial charge in [0.1, 0.15) is 11.4 Å². The van der Waals surface area contributed by atoms with Gasteiger partial charge in [-0.15, -0.1) is 0 Å². The highest BCUT2D eigenvalue weighted by Crippen LogP contribution is 2.20. The number of aromatic nitrogens is 2. The molecule has 6 nitrogen and oxygen atoms in total. The normalized spacial score (nSPS) is 14.7. The zero-order chi connectivity index (χ0) is 19.1. The van der Waals surface area contributed by atoms with Crippen LogP contribution in [0.2, 0.25) is 5.02 Å². The summed E-state index contributed by atoms with van der Waals surface area (Å²) >= 11 is 6.01. The first-order chi connectivity index (χ1) is 12.9. The zero-order valence-corrected chi connectivity index (χ0v) is 16.0. The second kappa shape index (κ2) is 6.94. The Balaban J connectivity index is 1.62. The number of fused-ring (bicyclic) bond motifs is 2. The fourth-order valence-electron chi connectivity index (χ4n) is 3.40. The standard InChI is InChI=1S/C20H20ClN3O3/c1-11(2)19-22-16-5-6-24(9-15(16)20(26)23-19)8-12-10-27-17-4-3-13(21)7-14(17)18(12)25/h3-4,7,10-11H,5-6,8-9H2,1-2H3,(H,22,23,26). The number of H-pyrrole nitrogens is 1. The van der Waals surface area contributed by atoms with E-state index in [1.165, 1.54) is 6.26 Å². The largest absolute Gasteiger partial charge is 0.464 e. The summed E-state index contributed by atoms with van der Waals surface area (Å²) in [5.74, 6) is 0.898. The first-order valence-electron chi connectivity index (χ1n) is 8.96. The summed E-state index contributed by atoms with van der Waals surface area (Å²) in [5.41, 5.74) is 2.42. The van der Waals surface area contributed by atoms with E-state index in [-0.39, 0.29) is 16.9 Å². The molecule has 0 radical (unpaired) electrons. The molecule has 3 heterocycles. The lowest BCUT2D eigenvalue weighted by atomic mass is 10.0. The smallest absolute Gasteiger partial charge is 0.255 e. The van der Waals surface area contributed by atoms with Crippen molar-refractivity contribution in [3.8, 4) is 0 Å².